The third-order valence-corrected chi connectivity index (χ3v) is 4.57. The summed E-state index contributed by atoms with van der Waals surface area (Å²) in [5.74, 6) is -3.25. The van der Waals surface area contributed by atoms with Gasteiger partial charge in [0, 0.05) is 18.8 Å². The largest absolute Gasteiger partial charge is 0.462 e. The summed E-state index contributed by atoms with van der Waals surface area (Å²) in [4.78, 5) is 60.8. The number of likely N-dealkylation sites (N-methyl/N-ethyl adjacent to an activating group) is 1. The Kier molecular flexibility index (Phi) is 10.2. The van der Waals surface area contributed by atoms with Gasteiger partial charge in [-0.15, -0.1) is 0 Å². The molecule has 0 fully saturated rings. The van der Waals surface area contributed by atoms with Gasteiger partial charge in [0.05, 0.1) is 24.9 Å². The van der Waals surface area contributed by atoms with Crippen molar-refractivity contribution in [1.29, 1.82) is 0 Å². The first kappa shape index (κ1) is 26.8. The summed E-state index contributed by atoms with van der Waals surface area (Å²) in [6, 6.07) is 8.98. The minimum atomic E-state index is -0.900. The van der Waals surface area contributed by atoms with Crippen molar-refractivity contribution >= 4 is 41.5 Å². The summed E-state index contributed by atoms with van der Waals surface area (Å²) >= 11 is 0. The summed E-state index contributed by atoms with van der Waals surface area (Å²) in [6.07, 6.45) is 1.20. The molecule has 2 rings (SSSR count). The third-order valence-electron chi connectivity index (χ3n) is 4.57. The van der Waals surface area contributed by atoms with Crippen LogP contribution < -0.4 is 16.1 Å². The fourth-order valence-corrected chi connectivity index (χ4v) is 2.76. The monoisotopic (exact) mass is 485 g/mol. The van der Waals surface area contributed by atoms with Crippen molar-refractivity contribution < 1.29 is 33.1 Å². The van der Waals surface area contributed by atoms with Crippen LogP contribution in [0, 0.1) is 0 Å². The minimum Gasteiger partial charge on any atom is -0.462 e. The van der Waals surface area contributed by atoms with Gasteiger partial charge in [-0.1, -0.05) is 0 Å². The van der Waals surface area contributed by atoms with Crippen LogP contribution in [-0.2, 0) is 30.5 Å². The van der Waals surface area contributed by atoms with E-state index in [0.29, 0.717) is 30.1 Å². The molecule has 0 aliphatic carbocycles. The average Bonchev–Trinajstić information content (AvgIpc) is 3.31. The molecule has 0 aliphatic rings. The van der Waals surface area contributed by atoms with E-state index in [0.717, 1.165) is 0 Å². The maximum absolute atomic E-state index is 12.1. The molecule has 0 unspecified atom stereocenters. The summed E-state index contributed by atoms with van der Waals surface area (Å²) in [7, 11) is 0. The maximum atomic E-state index is 12.1. The molecule has 3 N–H and O–H groups in total. The molecule has 0 bridgehead atoms. The number of amides is 4. The lowest BCUT2D eigenvalue weighted by atomic mass is 10.2. The minimum absolute atomic E-state index is 0.0747. The Labute approximate surface area is 201 Å². The molecule has 4 amide bonds. The second-order valence-electron chi connectivity index (χ2n) is 6.92. The molecule has 35 heavy (non-hydrogen) atoms. The zero-order valence-corrected chi connectivity index (χ0v) is 19.6. The predicted molar refractivity (Wildman–Crippen MR) is 125 cm³/mol. The van der Waals surface area contributed by atoms with Crippen molar-refractivity contribution in [2.45, 2.75) is 27.3 Å². The molecule has 1 aromatic carbocycles. The van der Waals surface area contributed by atoms with E-state index in [1.165, 1.54) is 41.4 Å². The summed E-state index contributed by atoms with van der Waals surface area (Å²) in [5, 5.41) is 8.51. The Bertz CT molecular complexity index is 1090. The number of carbonyl (C=O) groups is 5. The smallest absolute Gasteiger partial charge is 0.338 e. The maximum Gasteiger partial charge on any atom is 0.338 e. The molecular formula is C23H27N5O7. The van der Waals surface area contributed by atoms with E-state index in [4.69, 9.17) is 9.15 Å². The molecule has 0 saturated heterocycles. The molecule has 1 aromatic heterocycles. The highest BCUT2D eigenvalue weighted by atomic mass is 16.5. The van der Waals surface area contributed by atoms with Gasteiger partial charge in [0.1, 0.15) is 11.5 Å². The number of furan rings is 1. The van der Waals surface area contributed by atoms with Crippen molar-refractivity contribution in [3.8, 4) is 0 Å². The first-order chi connectivity index (χ1) is 16.8. The first-order valence-corrected chi connectivity index (χ1v) is 10.9. The van der Waals surface area contributed by atoms with Crippen LogP contribution in [0.1, 0.15) is 42.6 Å². The Balaban J connectivity index is 1.81. The highest BCUT2D eigenvalue weighted by Crippen LogP contribution is 2.11. The van der Waals surface area contributed by atoms with Crippen molar-refractivity contribution in [2.24, 2.45) is 5.10 Å². The molecule has 12 heteroatoms. The van der Waals surface area contributed by atoms with Crippen LogP contribution in [0.25, 0.3) is 0 Å². The van der Waals surface area contributed by atoms with Crippen molar-refractivity contribution in [3.63, 3.8) is 0 Å². The molecule has 0 saturated carbocycles. The third kappa shape index (κ3) is 8.11. The number of carbonyl (C=O) groups excluding carboxylic acids is 5. The van der Waals surface area contributed by atoms with Crippen LogP contribution in [0.3, 0.4) is 0 Å². The quantitative estimate of drug-likeness (QED) is 0.207. The highest BCUT2D eigenvalue weighted by Gasteiger charge is 2.18. The Hall–Kier alpha value is -4.48. The molecule has 0 radical (unpaired) electrons. The number of ether oxygens (including phenoxy) is 1. The van der Waals surface area contributed by atoms with Crippen molar-refractivity contribution in [2.75, 3.05) is 25.0 Å². The van der Waals surface area contributed by atoms with Gasteiger partial charge in [-0.05, 0) is 57.2 Å². The highest BCUT2D eigenvalue weighted by molar-refractivity contribution is 6.39. The fourth-order valence-electron chi connectivity index (χ4n) is 2.76. The molecule has 2 aromatic rings. The van der Waals surface area contributed by atoms with E-state index in [1.54, 1.807) is 26.8 Å². The van der Waals surface area contributed by atoms with Crippen molar-refractivity contribution in [3.05, 3.63) is 53.5 Å². The van der Waals surface area contributed by atoms with Crippen molar-refractivity contribution in [1.82, 2.24) is 15.6 Å². The number of hydrogen-bond acceptors (Lipinski definition) is 8. The number of hydrazone groups is 1. The van der Waals surface area contributed by atoms with Gasteiger partial charge >= 0.3 is 29.6 Å². The number of nitrogens with zero attached hydrogens (tertiary/aromatic N) is 2. The van der Waals surface area contributed by atoms with Crippen LogP contribution in [0.4, 0.5) is 5.69 Å². The lowest BCUT2D eigenvalue weighted by Gasteiger charge is -2.16. The van der Waals surface area contributed by atoms with Crippen LogP contribution >= 0.6 is 0 Å². The summed E-state index contributed by atoms with van der Waals surface area (Å²) in [5.41, 5.74) is 2.78. The molecule has 0 aliphatic heterocycles. The number of benzene rings is 1. The van der Waals surface area contributed by atoms with Crippen LogP contribution in [0.2, 0.25) is 0 Å². The molecule has 186 valence electrons. The van der Waals surface area contributed by atoms with Gasteiger partial charge in [0.2, 0.25) is 0 Å². The SMILES string of the molecule is CCOC(=O)c1ccc(NC(=O)C(=O)NCc2ccc(/C=N/NC(=O)C(=O)N(CC)CC)o2)cc1. The van der Waals surface area contributed by atoms with E-state index in [-0.39, 0.29) is 18.9 Å². The zero-order valence-electron chi connectivity index (χ0n) is 19.6. The lowest BCUT2D eigenvalue weighted by molar-refractivity contribution is -0.145. The van der Waals surface area contributed by atoms with Gasteiger partial charge < -0.3 is 24.7 Å². The van der Waals surface area contributed by atoms with Crippen LogP contribution in [0.15, 0.2) is 45.9 Å². The number of nitrogens with one attached hydrogen (secondary N) is 3. The molecule has 12 nitrogen and oxygen atoms in total. The Morgan fingerprint density at radius 2 is 1.63 bits per heavy atom. The van der Waals surface area contributed by atoms with E-state index in [9.17, 15) is 24.0 Å². The van der Waals surface area contributed by atoms with Gasteiger partial charge in [0.15, 0.2) is 0 Å². The number of esters is 1. The fraction of sp³-hybridized carbons (Fsp3) is 0.304. The van der Waals surface area contributed by atoms with E-state index in [1.807, 2.05) is 0 Å². The number of anilines is 1. The molecule has 0 atom stereocenters. The number of hydrogen-bond donors (Lipinski definition) is 3. The van der Waals surface area contributed by atoms with Gasteiger partial charge in [-0.25, -0.2) is 10.2 Å². The first-order valence-electron chi connectivity index (χ1n) is 10.9. The molecule has 0 spiro atoms. The normalized spacial score (nSPS) is 10.5. The Morgan fingerprint density at radius 3 is 2.26 bits per heavy atom. The second kappa shape index (κ2) is 13.3. The predicted octanol–water partition coefficient (Wildman–Crippen LogP) is 1.03. The molecule has 1 heterocycles. The Morgan fingerprint density at radius 1 is 0.943 bits per heavy atom. The van der Waals surface area contributed by atoms with E-state index < -0.39 is 29.6 Å². The van der Waals surface area contributed by atoms with Crippen LogP contribution in [-0.4, -0.2) is 60.4 Å². The van der Waals surface area contributed by atoms with Gasteiger partial charge in [-0.3, -0.25) is 19.2 Å². The standard InChI is InChI=1S/C23H27N5O7/c1-4-28(5-2)22(32)21(31)27-25-14-18-12-11-17(35-18)13-24-19(29)20(30)26-16-9-7-15(8-10-16)23(33)34-6-3/h7-12,14H,4-6,13H2,1-3H3,(H,24,29)(H,26,30)(H,27,31)/b25-14+. The van der Waals surface area contributed by atoms with E-state index >= 15 is 0 Å². The van der Waals surface area contributed by atoms with Crippen LogP contribution in [0.5, 0.6) is 0 Å². The average molecular weight is 485 g/mol. The lowest BCUT2D eigenvalue weighted by Crippen LogP contribution is -2.41. The van der Waals surface area contributed by atoms with Gasteiger partial charge in [-0.2, -0.15) is 5.10 Å². The van der Waals surface area contributed by atoms with E-state index in [2.05, 4.69) is 21.2 Å². The topological polar surface area (TPSA) is 159 Å². The second-order valence-corrected chi connectivity index (χ2v) is 6.92. The number of rotatable bonds is 9. The zero-order chi connectivity index (χ0) is 25.8. The molecular weight excluding hydrogens is 458 g/mol. The summed E-state index contributed by atoms with van der Waals surface area (Å²) in [6.45, 7) is 6.19. The van der Waals surface area contributed by atoms with Gasteiger partial charge in [0.25, 0.3) is 0 Å². The summed E-state index contributed by atoms with van der Waals surface area (Å²) < 4.78 is 10.3.